The second-order valence-electron chi connectivity index (χ2n) is 9.06. The number of esters is 1. The fraction of sp³-hybridized carbons (Fsp3) is 0.519. The van der Waals surface area contributed by atoms with E-state index in [1.165, 1.54) is 0 Å². The summed E-state index contributed by atoms with van der Waals surface area (Å²) in [7, 11) is 0. The van der Waals surface area contributed by atoms with E-state index in [0.717, 1.165) is 24.2 Å². The zero-order valence-electron chi connectivity index (χ0n) is 21.4. The third-order valence-corrected chi connectivity index (χ3v) is 6.78. The van der Waals surface area contributed by atoms with Gasteiger partial charge in [-0.25, -0.2) is 4.79 Å². The average Bonchev–Trinajstić information content (AvgIpc) is 3.16. The molecule has 0 aliphatic carbocycles. The number of hydrogen-bond acceptors (Lipinski definition) is 5. The molecule has 3 rings (SSSR count). The maximum absolute atomic E-state index is 13.2. The predicted octanol–water partition coefficient (Wildman–Crippen LogP) is 4.01. The van der Waals surface area contributed by atoms with Gasteiger partial charge in [-0.2, -0.15) is 0 Å². The van der Waals surface area contributed by atoms with Gasteiger partial charge in [0.15, 0.2) is 0 Å². The summed E-state index contributed by atoms with van der Waals surface area (Å²) < 4.78 is 10.6. The number of carbonyl (C=O) groups is 3. The van der Waals surface area contributed by atoms with E-state index < -0.39 is 5.97 Å². The molecule has 8 heteroatoms. The van der Waals surface area contributed by atoms with E-state index in [1.807, 2.05) is 38.1 Å². The number of amides is 2. The van der Waals surface area contributed by atoms with Crippen LogP contribution in [0, 0.1) is 25.7 Å². The number of carbonyl (C=O) groups excluding carboxylic acids is 3. The highest BCUT2D eigenvalue weighted by atomic mass is 16.5. The van der Waals surface area contributed by atoms with Gasteiger partial charge in [0, 0.05) is 31.2 Å². The van der Waals surface area contributed by atoms with Crippen LogP contribution in [0.15, 0.2) is 24.3 Å². The lowest BCUT2D eigenvalue weighted by atomic mass is 9.84. The third-order valence-electron chi connectivity index (χ3n) is 6.78. The topological polar surface area (TPSA) is 101 Å². The first-order valence-corrected chi connectivity index (χ1v) is 12.4. The highest BCUT2D eigenvalue weighted by molar-refractivity contribution is 6.00. The van der Waals surface area contributed by atoms with E-state index in [4.69, 9.17) is 9.47 Å². The number of ether oxygens (including phenoxy) is 2. The molecule has 2 aromatic rings. The molecule has 2 heterocycles. The molecule has 1 aromatic heterocycles. The van der Waals surface area contributed by atoms with Crippen molar-refractivity contribution in [3.05, 3.63) is 52.3 Å². The van der Waals surface area contributed by atoms with E-state index in [-0.39, 0.29) is 30.3 Å². The van der Waals surface area contributed by atoms with Gasteiger partial charge in [-0.15, -0.1) is 0 Å². The molecule has 1 aliphatic rings. The Balaban J connectivity index is 1.52. The lowest BCUT2D eigenvalue weighted by molar-refractivity contribution is -0.126. The molecule has 35 heavy (non-hydrogen) atoms. The summed E-state index contributed by atoms with van der Waals surface area (Å²) in [6.07, 6.45) is 1.51. The van der Waals surface area contributed by atoms with Crippen LogP contribution < -0.4 is 10.1 Å². The Kier molecular flexibility index (Phi) is 8.95. The number of nitrogens with zero attached hydrogens (tertiary/aromatic N) is 1. The van der Waals surface area contributed by atoms with Gasteiger partial charge in [0.25, 0.3) is 5.91 Å². The van der Waals surface area contributed by atoms with E-state index >= 15 is 0 Å². The van der Waals surface area contributed by atoms with Crippen molar-refractivity contribution in [3.8, 4) is 5.75 Å². The average molecular weight is 484 g/mol. The molecule has 2 amide bonds. The Morgan fingerprint density at radius 2 is 1.74 bits per heavy atom. The number of aromatic nitrogens is 1. The van der Waals surface area contributed by atoms with Crippen LogP contribution in [0.1, 0.15) is 71.3 Å². The molecule has 190 valence electrons. The van der Waals surface area contributed by atoms with Crippen LogP contribution in [0.4, 0.5) is 0 Å². The van der Waals surface area contributed by atoms with Gasteiger partial charge in [-0.05, 0) is 69.7 Å². The maximum atomic E-state index is 13.2. The standard InChI is InChI=1S/C27H37N3O5/c1-6-34-22-10-8-20(9-11-22)16-28-25(31)17(3)21-12-14-30(15-13-21)26(32)24-18(4)23(19(5)29-24)27(33)35-7-2/h8-11,17,21,29H,6-7,12-16H2,1-5H3,(H,28,31)/t17-/m1/s1. The summed E-state index contributed by atoms with van der Waals surface area (Å²) in [5, 5.41) is 3.04. The summed E-state index contributed by atoms with van der Waals surface area (Å²) in [6, 6.07) is 7.73. The number of benzene rings is 1. The number of rotatable bonds is 9. The van der Waals surface area contributed by atoms with Crippen molar-refractivity contribution in [1.82, 2.24) is 15.2 Å². The van der Waals surface area contributed by atoms with E-state index in [1.54, 1.807) is 25.7 Å². The van der Waals surface area contributed by atoms with Crippen LogP contribution in [-0.2, 0) is 16.1 Å². The Labute approximate surface area is 207 Å². The second kappa shape index (κ2) is 11.9. The zero-order chi connectivity index (χ0) is 25.5. The first-order chi connectivity index (χ1) is 16.8. The number of hydrogen-bond donors (Lipinski definition) is 2. The summed E-state index contributed by atoms with van der Waals surface area (Å²) in [4.78, 5) is 43.0. The van der Waals surface area contributed by atoms with Gasteiger partial charge >= 0.3 is 5.97 Å². The van der Waals surface area contributed by atoms with Crippen LogP contribution >= 0.6 is 0 Å². The SMILES string of the molecule is CCOC(=O)c1c(C)[nH]c(C(=O)N2CCC([C@@H](C)C(=O)NCc3ccc(OCC)cc3)CC2)c1C. The van der Waals surface area contributed by atoms with E-state index in [2.05, 4.69) is 10.3 Å². The molecule has 1 aliphatic heterocycles. The van der Waals surface area contributed by atoms with E-state index in [0.29, 0.717) is 48.8 Å². The Morgan fingerprint density at radius 3 is 2.34 bits per heavy atom. The van der Waals surface area contributed by atoms with E-state index in [9.17, 15) is 14.4 Å². The van der Waals surface area contributed by atoms with Gasteiger partial charge in [-0.1, -0.05) is 19.1 Å². The third kappa shape index (κ3) is 6.24. The highest BCUT2D eigenvalue weighted by Gasteiger charge is 2.32. The van der Waals surface area contributed by atoms with Gasteiger partial charge in [-0.3, -0.25) is 9.59 Å². The Hall–Kier alpha value is -3.29. The lowest BCUT2D eigenvalue weighted by Crippen LogP contribution is -2.42. The van der Waals surface area contributed by atoms with Crippen LogP contribution in [0.3, 0.4) is 0 Å². The quantitative estimate of drug-likeness (QED) is 0.525. The summed E-state index contributed by atoms with van der Waals surface area (Å²) in [5.74, 6) is 0.382. The van der Waals surface area contributed by atoms with Crippen molar-refractivity contribution in [2.75, 3.05) is 26.3 Å². The smallest absolute Gasteiger partial charge is 0.340 e. The fourth-order valence-electron chi connectivity index (χ4n) is 4.67. The van der Waals surface area contributed by atoms with Crippen LogP contribution in [0.2, 0.25) is 0 Å². The highest BCUT2D eigenvalue weighted by Crippen LogP contribution is 2.27. The van der Waals surface area contributed by atoms with Crippen molar-refractivity contribution in [2.24, 2.45) is 11.8 Å². The minimum absolute atomic E-state index is 0.0265. The van der Waals surface area contributed by atoms with Gasteiger partial charge < -0.3 is 24.7 Å². The van der Waals surface area contributed by atoms with Crippen molar-refractivity contribution < 1.29 is 23.9 Å². The minimum atomic E-state index is -0.415. The lowest BCUT2D eigenvalue weighted by Gasteiger charge is -2.34. The molecule has 1 atom stereocenters. The number of aryl methyl sites for hydroxylation is 1. The number of aromatic amines is 1. The van der Waals surface area contributed by atoms with Crippen LogP contribution in [0.5, 0.6) is 5.75 Å². The molecule has 0 unspecified atom stereocenters. The normalized spacial score (nSPS) is 14.9. The fourth-order valence-corrected chi connectivity index (χ4v) is 4.67. The Bertz CT molecular complexity index is 1040. The van der Waals surface area contributed by atoms with Crippen LogP contribution in [0.25, 0.3) is 0 Å². The summed E-state index contributed by atoms with van der Waals surface area (Å²) in [6.45, 7) is 11.7. The van der Waals surface area contributed by atoms with Crippen LogP contribution in [-0.4, -0.2) is 54.0 Å². The molecule has 0 bridgehead atoms. The van der Waals surface area contributed by atoms with Gasteiger partial charge in [0.2, 0.25) is 5.91 Å². The molecule has 1 saturated heterocycles. The second-order valence-corrected chi connectivity index (χ2v) is 9.06. The number of nitrogens with one attached hydrogen (secondary N) is 2. The first-order valence-electron chi connectivity index (χ1n) is 12.4. The first kappa shape index (κ1) is 26.3. The predicted molar refractivity (Wildman–Crippen MR) is 133 cm³/mol. The van der Waals surface area contributed by atoms with Crippen molar-refractivity contribution in [3.63, 3.8) is 0 Å². The monoisotopic (exact) mass is 483 g/mol. The van der Waals surface area contributed by atoms with Gasteiger partial charge in [0.05, 0.1) is 18.8 Å². The molecule has 1 fully saturated rings. The maximum Gasteiger partial charge on any atom is 0.340 e. The van der Waals surface area contributed by atoms with Crippen molar-refractivity contribution in [1.29, 1.82) is 0 Å². The molecule has 0 spiro atoms. The molecule has 0 radical (unpaired) electrons. The minimum Gasteiger partial charge on any atom is -0.494 e. The largest absolute Gasteiger partial charge is 0.494 e. The molecular formula is C27H37N3O5. The van der Waals surface area contributed by atoms with Crippen molar-refractivity contribution in [2.45, 2.75) is 54.0 Å². The number of piperidine rings is 1. The molecule has 1 aromatic carbocycles. The molecule has 2 N–H and O–H groups in total. The van der Waals surface area contributed by atoms with Crippen molar-refractivity contribution >= 4 is 17.8 Å². The molecular weight excluding hydrogens is 446 g/mol. The molecule has 0 saturated carbocycles. The number of likely N-dealkylation sites (tertiary alicyclic amines) is 1. The summed E-state index contributed by atoms with van der Waals surface area (Å²) >= 11 is 0. The summed E-state index contributed by atoms with van der Waals surface area (Å²) in [5.41, 5.74) is 3.15. The number of H-pyrrole nitrogens is 1. The Morgan fingerprint density at radius 1 is 1.09 bits per heavy atom. The molecule has 8 nitrogen and oxygen atoms in total. The van der Waals surface area contributed by atoms with Gasteiger partial charge in [0.1, 0.15) is 11.4 Å². The zero-order valence-corrected chi connectivity index (χ0v) is 21.4.